The highest BCUT2D eigenvalue weighted by atomic mass is 16.5. The molecule has 0 spiro atoms. The number of carbonyl (C=O) groups excluding carboxylic acids is 3. The first-order valence-electron chi connectivity index (χ1n) is 8.37. The predicted molar refractivity (Wildman–Crippen MR) is 103 cm³/mol. The van der Waals surface area contributed by atoms with E-state index in [0.717, 1.165) is 0 Å². The Morgan fingerprint density at radius 3 is 2.39 bits per heavy atom. The SMILES string of the molecule is CCOc1ccccc1NC(=O)C(=O)N/N=C\c1ccccc1OCC(N)=O. The third-order valence-corrected chi connectivity index (χ3v) is 3.30. The molecule has 0 aliphatic rings. The summed E-state index contributed by atoms with van der Waals surface area (Å²) in [5, 5.41) is 6.20. The van der Waals surface area contributed by atoms with Crippen molar-refractivity contribution in [2.75, 3.05) is 18.5 Å². The van der Waals surface area contributed by atoms with Gasteiger partial charge in [0, 0.05) is 5.56 Å². The molecule has 0 aliphatic heterocycles. The molecule has 2 aromatic rings. The molecular formula is C19H20N4O5. The molecule has 0 atom stereocenters. The fourth-order valence-corrected chi connectivity index (χ4v) is 2.11. The number of ether oxygens (including phenoxy) is 2. The number of para-hydroxylation sites is 3. The number of rotatable bonds is 8. The summed E-state index contributed by atoms with van der Waals surface area (Å²) in [4.78, 5) is 34.8. The lowest BCUT2D eigenvalue weighted by atomic mass is 10.2. The van der Waals surface area contributed by atoms with E-state index >= 15 is 0 Å². The maximum atomic E-state index is 12.0. The number of benzene rings is 2. The van der Waals surface area contributed by atoms with Crippen molar-refractivity contribution >= 4 is 29.6 Å². The van der Waals surface area contributed by atoms with Crippen LogP contribution in [0.25, 0.3) is 0 Å². The molecule has 2 rings (SSSR count). The van der Waals surface area contributed by atoms with Crippen LogP contribution >= 0.6 is 0 Å². The van der Waals surface area contributed by atoms with E-state index in [4.69, 9.17) is 15.2 Å². The van der Waals surface area contributed by atoms with Gasteiger partial charge in [-0.05, 0) is 31.2 Å². The van der Waals surface area contributed by atoms with Crippen molar-refractivity contribution in [1.82, 2.24) is 5.43 Å². The van der Waals surface area contributed by atoms with Gasteiger partial charge in [-0.25, -0.2) is 5.43 Å². The van der Waals surface area contributed by atoms with Crippen LogP contribution in [0, 0.1) is 0 Å². The Kier molecular flexibility index (Phi) is 7.53. The quantitative estimate of drug-likeness (QED) is 0.355. The molecule has 0 aliphatic carbocycles. The number of hydrazone groups is 1. The van der Waals surface area contributed by atoms with Crippen LogP contribution in [0.2, 0.25) is 0 Å². The Balaban J connectivity index is 1.97. The van der Waals surface area contributed by atoms with Gasteiger partial charge in [0.1, 0.15) is 11.5 Å². The van der Waals surface area contributed by atoms with E-state index in [1.165, 1.54) is 6.21 Å². The summed E-state index contributed by atoms with van der Waals surface area (Å²) in [6, 6.07) is 13.4. The molecule has 2 aromatic carbocycles. The third-order valence-electron chi connectivity index (χ3n) is 3.30. The molecule has 0 saturated carbocycles. The summed E-state index contributed by atoms with van der Waals surface area (Å²) in [5.74, 6) is -1.67. The molecule has 0 fully saturated rings. The lowest BCUT2D eigenvalue weighted by Crippen LogP contribution is -2.32. The van der Waals surface area contributed by atoms with Gasteiger partial charge >= 0.3 is 11.8 Å². The average molecular weight is 384 g/mol. The van der Waals surface area contributed by atoms with Crippen molar-refractivity contribution in [2.45, 2.75) is 6.92 Å². The molecule has 9 nitrogen and oxygen atoms in total. The van der Waals surface area contributed by atoms with Gasteiger partial charge in [0.05, 0.1) is 18.5 Å². The van der Waals surface area contributed by atoms with Crippen molar-refractivity contribution in [2.24, 2.45) is 10.8 Å². The van der Waals surface area contributed by atoms with Crippen LogP contribution in [0.15, 0.2) is 53.6 Å². The first kappa shape index (κ1) is 20.4. The minimum absolute atomic E-state index is 0.293. The van der Waals surface area contributed by atoms with Gasteiger partial charge in [-0.3, -0.25) is 14.4 Å². The second-order valence-corrected chi connectivity index (χ2v) is 5.38. The maximum Gasteiger partial charge on any atom is 0.329 e. The minimum atomic E-state index is -0.960. The fourth-order valence-electron chi connectivity index (χ4n) is 2.11. The monoisotopic (exact) mass is 384 g/mol. The summed E-state index contributed by atoms with van der Waals surface area (Å²) in [6.45, 7) is 1.94. The highest BCUT2D eigenvalue weighted by molar-refractivity contribution is 6.39. The molecule has 28 heavy (non-hydrogen) atoms. The van der Waals surface area contributed by atoms with E-state index in [2.05, 4.69) is 15.8 Å². The topological polar surface area (TPSA) is 132 Å². The molecule has 0 radical (unpaired) electrons. The van der Waals surface area contributed by atoms with E-state index in [1.807, 2.05) is 6.92 Å². The molecular weight excluding hydrogens is 364 g/mol. The van der Waals surface area contributed by atoms with Crippen LogP contribution in [0.3, 0.4) is 0 Å². The molecule has 0 aromatic heterocycles. The molecule has 0 saturated heterocycles. The predicted octanol–water partition coefficient (Wildman–Crippen LogP) is 1.04. The Labute approximate surface area is 161 Å². The Morgan fingerprint density at radius 2 is 1.68 bits per heavy atom. The van der Waals surface area contributed by atoms with Crippen LogP contribution in [-0.2, 0) is 14.4 Å². The minimum Gasteiger partial charge on any atom is -0.492 e. The largest absolute Gasteiger partial charge is 0.492 e. The lowest BCUT2D eigenvalue weighted by Gasteiger charge is -2.10. The van der Waals surface area contributed by atoms with Crippen LogP contribution < -0.4 is 25.9 Å². The normalized spacial score (nSPS) is 10.3. The van der Waals surface area contributed by atoms with Crippen LogP contribution in [0.4, 0.5) is 5.69 Å². The standard InChI is InChI=1S/C19H20N4O5/c1-2-27-16-10-6-4-8-14(16)22-18(25)19(26)23-21-11-13-7-3-5-9-15(13)28-12-17(20)24/h3-11H,2,12H2,1H3,(H2,20,24)(H,22,25)(H,23,26)/b21-11-. The Bertz CT molecular complexity index is 882. The lowest BCUT2D eigenvalue weighted by molar-refractivity contribution is -0.136. The highest BCUT2D eigenvalue weighted by Gasteiger charge is 2.15. The number of anilines is 1. The van der Waals surface area contributed by atoms with Gasteiger partial charge in [0.2, 0.25) is 0 Å². The van der Waals surface area contributed by atoms with Gasteiger partial charge < -0.3 is 20.5 Å². The van der Waals surface area contributed by atoms with Crippen molar-refractivity contribution in [3.63, 3.8) is 0 Å². The molecule has 0 unspecified atom stereocenters. The number of nitrogens with zero attached hydrogens (tertiary/aromatic N) is 1. The molecule has 0 heterocycles. The first-order chi connectivity index (χ1) is 13.5. The van der Waals surface area contributed by atoms with Gasteiger partial charge in [-0.2, -0.15) is 5.10 Å². The van der Waals surface area contributed by atoms with E-state index < -0.39 is 17.7 Å². The summed E-state index contributed by atoms with van der Waals surface area (Å²) in [7, 11) is 0. The van der Waals surface area contributed by atoms with E-state index in [1.54, 1.807) is 48.5 Å². The zero-order valence-electron chi connectivity index (χ0n) is 15.2. The maximum absolute atomic E-state index is 12.0. The average Bonchev–Trinajstić information content (AvgIpc) is 2.68. The zero-order chi connectivity index (χ0) is 20.4. The van der Waals surface area contributed by atoms with E-state index in [0.29, 0.717) is 29.4 Å². The molecule has 3 amide bonds. The van der Waals surface area contributed by atoms with Gasteiger partial charge in [-0.1, -0.05) is 24.3 Å². The molecule has 4 N–H and O–H groups in total. The summed E-state index contributed by atoms with van der Waals surface area (Å²) in [5.41, 5.74) is 8.04. The number of nitrogens with two attached hydrogens (primary N) is 1. The number of hydrogen-bond acceptors (Lipinski definition) is 6. The Hall–Kier alpha value is -3.88. The second kappa shape index (κ2) is 10.3. The van der Waals surface area contributed by atoms with Crippen LogP contribution in [0.1, 0.15) is 12.5 Å². The molecule has 9 heteroatoms. The number of primary amides is 1. The summed E-state index contributed by atoms with van der Waals surface area (Å²) in [6.07, 6.45) is 1.29. The number of hydrogen-bond donors (Lipinski definition) is 3. The first-order valence-corrected chi connectivity index (χ1v) is 8.37. The van der Waals surface area contributed by atoms with Crippen LogP contribution in [0.5, 0.6) is 11.5 Å². The van der Waals surface area contributed by atoms with Crippen LogP contribution in [-0.4, -0.2) is 37.1 Å². The van der Waals surface area contributed by atoms with Gasteiger partial charge in [-0.15, -0.1) is 0 Å². The summed E-state index contributed by atoms with van der Waals surface area (Å²) < 4.78 is 10.6. The van der Waals surface area contributed by atoms with Crippen molar-refractivity contribution < 1.29 is 23.9 Å². The van der Waals surface area contributed by atoms with Gasteiger partial charge in [0.15, 0.2) is 6.61 Å². The molecule has 0 bridgehead atoms. The fraction of sp³-hybridized carbons (Fsp3) is 0.158. The van der Waals surface area contributed by atoms with E-state index in [9.17, 15) is 14.4 Å². The van der Waals surface area contributed by atoms with Crippen molar-refractivity contribution in [3.05, 3.63) is 54.1 Å². The Morgan fingerprint density at radius 1 is 1.00 bits per heavy atom. The number of carbonyl (C=O) groups is 3. The van der Waals surface area contributed by atoms with Crippen molar-refractivity contribution in [3.8, 4) is 11.5 Å². The highest BCUT2D eigenvalue weighted by Crippen LogP contribution is 2.23. The number of nitrogens with one attached hydrogen (secondary N) is 2. The number of amides is 3. The molecule has 146 valence electrons. The van der Waals surface area contributed by atoms with Gasteiger partial charge in [0.25, 0.3) is 5.91 Å². The third kappa shape index (κ3) is 6.13. The van der Waals surface area contributed by atoms with E-state index in [-0.39, 0.29) is 6.61 Å². The summed E-state index contributed by atoms with van der Waals surface area (Å²) >= 11 is 0. The second-order valence-electron chi connectivity index (χ2n) is 5.38. The zero-order valence-corrected chi connectivity index (χ0v) is 15.2. The smallest absolute Gasteiger partial charge is 0.329 e. The van der Waals surface area contributed by atoms with Crippen molar-refractivity contribution in [1.29, 1.82) is 0 Å².